The van der Waals surface area contributed by atoms with Gasteiger partial charge in [-0.1, -0.05) is 18.6 Å². The van der Waals surface area contributed by atoms with Gasteiger partial charge < -0.3 is 10.2 Å². The molecule has 2 aromatic heterocycles. The molecule has 6 heteroatoms. The summed E-state index contributed by atoms with van der Waals surface area (Å²) in [5.41, 5.74) is 4.55. The highest BCUT2D eigenvalue weighted by Crippen LogP contribution is 2.38. The maximum absolute atomic E-state index is 12.8. The van der Waals surface area contributed by atoms with Gasteiger partial charge in [-0.3, -0.25) is 4.79 Å². The molecule has 0 aliphatic heterocycles. The van der Waals surface area contributed by atoms with Crippen LogP contribution in [0, 0.1) is 20.8 Å². The van der Waals surface area contributed by atoms with Gasteiger partial charge in [0.1, 0.15) is 16.5 Å². The first-order valence-electron chi connectivity index (χ1n) is 10.3. The minimum absolute atomic E-state index is 0.0352. The standard InChI is InChI=1S/C23H28N4OS/c1-14-9-8-11-18(15(14)2)26-20(28)13-27(4)22-21-17-10-6-5-7-12-19(17)29-23(21)25-16(3)24-22/h8-9,11H,5-7,10,12-13H2,1-4H3,(H,26,28). The molecule has 3 aromatic rings. The Morgan fingerprint density at radius 3 is 2.76 bits per heavy atom. The SMILES string of the molecule is Cc1nc(N(C)CC(=O)Nc2cccc(C)c2C)c2c3c(sc2n1)CCCCC3. The van der Waals surface area contributed by atoms with E-state index in [9.17, 15) is 4.79 Å². The summed E-state index contributed by atoms with van der Waals surface area (Å²) in [5.74, 6) is 1.60. The first-order chi connectivity index (χ1) is 13.9. The van der Waals surface area contributed by atoms with Crippen LogP contribution in [0.4, 0.5) is 11.5 Å². The lowest BCUT2D eigenvalue weighted by Gasteiger charge is -2.20. The molecule has 5 nitrogen and oxygen atoms in total. The second-order valence-electron chi connectivity index (χ2n) is 7.99. The van der Waals surface area contributed by atoms with Gasteiger partial charge in [-0.25, -0.2) is 9.97 Å². The number of hydrogen-bond donors (Lipinski definition) is 1. The Bertz CT molecular complexity index is 1070. The van der Waals surface area contributed by atoms with Crippen LogP contribution in [0.15, 0.2) is 18.2 Å². The Morgan fingerprint density at radius 2 is 1.93 bits per heavy atom. The highest BCUT2D eigenvalue weighted by atomic mass is 32.1. The number of likely N-dealkylation sites (N-methyl/N-ethyl adjacent to an activating group) is 1. The van der Waals surface area contributed by atoms with E-state index in [0.29, 0.717) is 0 Å². The number of anilines is 2. The molecule has 152 valence electrons. The molecule has 4 rings (SSSR count). The van der Waals surface area contributed by atoms with E-state index in [4.69, 9.17) is 9.97 Å². The lowest BCUT2D eigenvalue weighted by Crippen LogP contribution is -2.31. The van der Waals surface area contributed by atoms with Crippen molar-refractivity contribution < 1.29 is 4.79 Å². The van der Waals surface area contributed by atoms with Crippen LogP contribution in [0.25, 0.3) is 10.2 Å². The number of nitrogens with zero attached hydrogens (tertiary/aromatic N) is 3. The summed E-state index contributed by atoms with van der Waals surface area (Å²) in [4.78, 5) is 26.7. The van der Waals surface area contributed by atoms with Crippen LogP contribution in [0.5, 0.6) is 0 Å². The molecule has 0 fully saturated rings. The molecular weight excluding hydrogens is 380 g/mol. The normalized spacial score (nSPS) is 13.8. The van der Waals surface area contributed by atoms with Crippen molar-refractivity contribution in [2.45, 2.75) is 52.9 Å². The van der Waals surface area contributed by atoms with Crippen LogP contribution < -0.4 is 10.2 Å². The number of thiophene rings is 1. The highest BCUT2D eigenvalue weighted by Gasteiger charge is 2.22. The third kappa shape index (κ3) is 3.99. The molecule has 1 aliphatic carbocycles. The number of rotatable bonds is 4. The van der Waals surface area contributed by atoms with Crippen molar-refractivity contribution in [1.82, 2.24) is 9.97 Å². The predicted octanol–water partition coefficient (Wildman–Crippen LogP) is 4.96. The van der Waals surface area contributed by atoms with Crippen LogP contribution in [0.2, 0.25) is 0 Å². The molecule has 0 spiro atoms. The average Bonchev–Trinajstić information content (AvgIpc) is 2.85. The zero-order chi connectivity index (χ0) is 20.5. The molecule has 2 heterocycles. The lowest BCUT2D eigenvalue weighted by atomic mass is 10.1. The van der Waals surface area contributed by atoms with Crippen molar-refractivity contribution in [1.29, 1.82) is 0 Å². The monoisotopic (exact) mass is 408 g/mol. The predicted molar refractivity (Wildman–Crippen MR) is 121 cm³/mol. The molecule has 0 saturated heterocycles. The molecule has 1 N–H and O–H groups in total. The molecule has 29 heavy (non-hydrogen) atoms. The molecule has 0 atom stereocenters. The number of nitrogens with one attached hydrogen (secondary N) is 1. The molecule has 1 amide bonds. The Kier molecular flexibility index (Phi) is 5.54. The van der Waals surface area contributed by atoms with Gasteiger partial charge in [0, 0.05) is 17.6 Å². The first kappa shape index (κ1) is 19.8. The summed E-state index contributed by atoms with van der Waals surface area (Å²) in [6.07, 6.45) is 5.95. The Hall–Kier alpha value is -2.47. The van der Waals surface area contributed by atoms with Crippen molar-refractivity contribution in [2.75, 3.05) is 23.8 Å². The number of aromatic nitrogens is 2. The molecule has 0 bridgehead atoms. The number of hydrogen-bond acceptors (Lipinski definition) is 5. The van der Waals surface area contributed by atoms with Crippen LogP contribution >= 0.6 is 11.3 Å². The van der Waals surface area contributed by atoms with Gasteiger partial charge in [-0.15, -0.1) is 11.3 Å². The van der Waals surface area contributed by atoms with Crippen LogP contribution in [0.3, 0.4) is 0 Å². The van der Waals surface area contributed by atoms with E-state index in [1.807, 2.05) is 37.9 Å². The minimum atomic E-state index is -0.0352. The summed E-state index contributed by atoms with van der Waals surface area (Å²) in [5, 5.41) is 4.21. The zero-order valence-electron chi connectivity index (χ0n) is 17.6. The van der Waals surface area contributed by atoms with Crippen LogP contribution in [-0.4, -0.2) is 29.5 Å². The van der Waals surface area contributed by atoms with Crippen molar-refractivity contribution in [3.05, 3.63) is 45.6 Å². The quantitative estimate of drug-likeness (QED) is 0.620. The van der Waals surface area contributed by atoms with Gasteiger partial charge in [0.2, 0.25) is 5.91 Å². The van der Waals surface area contributed by atoms with E-state index >= 15 is 0 Å². The smallest absolute Gasteiger partial charge is 0.243 e. The van der Waals surface area contributed by atoms with Gasteiger partial charge >= 0.3 is 0 Å². The Labute approximate surface area is 176 Å². The van der Waals surface area contributed by atoms with Crippen LogP contribution in [0.1, 0.15) is 46.7 Å². The third-order valence-electron chi connectivity index (χ3n) is 5.78. The number of fused-ring (bicyclic) bond motifs is 3. The number of aryl methyl sites for hydroxylation is 4. The van der Waals surface area contributed by atoms with E-state index in [1.54, 1.807) is 11.3 Å². The summed E-state index contributed by atoms with van der Waals surface area (Å²) in [6.45, 7) is 6.27. The van der Waals surface area contributed by atoms with E-state index in [0.717, 1.165) is 46.0 Å². The summed E-state index contributed by atoms with van der Waals surface area (Å²) in [6, 6.07) is 5.98. The summed E-state index contributed by atoms with van der Waals surface area (Å²) < 4.78 is 0. The van der Waals surface area contributed by atoms with E-state index in [2.05, 4.69) is 18.3 Å². The van der Waals surface area contributed by atoms with E-state index in [-0.39, 0.29) is 12.5 Å². The van der Waals surface area contributed by atoms with Crippen molar-refractivity contribution >= 4 is 39.0 Å². The minimum Gasteiger partial charge on any atom is -0.350 e. The van der Waals surface area contributed by atoms with Crippen molar-refractivity contribution in [2.24, 2.45) is 0 Å². The first-order valence-corrected chi connectivity index (χ1v) is 11.1. The highest BCUT2D eigenvalue weighted by molar-refractivity contribution is 7.19. The largest absolute Gasteiger partial charge is 0.350 e. The Morgan fingerprint density at radius 1 is 1.14 bits per heavy atom. The zero-order valence-corrected chi connectivity index (χ0v) is 18.4. The number of carbonyl (C=O) groups is 1. The molecule has 0 saturated carbocycles. The van der Waals surface area contributed by atoms with Crippen molar-refractivity contribution in [3.8, 4) is 0 Å². The molecular formula is C23H28N4OS. The summed E-state index contributed by atoms with van der Waals surface area (Å²) >= 11 is 1.81. The fourth-order valence-electron chi connectivity index (χ4n) is 4.06. The maximum atomic E-state index is 12.8. The number of benzene rings is 1. The van der Waals surface area contributed by atoms with Gasteiger partial charge in [0.25, 0.3) is 0 Å². The fourth-order valence-corrected chi connectivity index (χ4v) is 5.36. The van der Waals surface area contributed by atoms with Gasteiger partial charge in [0.15, 0.2) is 0 Å². The van der Waals surface area contributed by atoms with E-state index in [1.165, 1.54) is 35.3 Å². The maximum Gasteiger partial charge on any atom is 0.243 e. The number of amides is 1. The summed E-state index contributed by atoms with van der Waals surface area (Å²) in [7, 11) is 1.95. The van der Waals surface area contributed by atoms with E-state index < -0.39 is 0 Å². The van der Waals surface area contributed by atoms with Gasteiger partial charge in [-0.2, -0.15) is 0 Å². The second kappa shape index (κ2) is 8.11. The fraction of sp³-hybridized carbons (Fsp3) is 0.435. The van der Waals surface area contributed by atoms with Gasteiger partial charge in [-0.05, 0) is 69.2 Å². The lowest BCUT2D eigenvalue weighted by molar-refractivity contribution is -0.114. The van der Waals surface area contributed by atoms with Crippen LogP contribution in [-0.2, 0) is 17.6 Å². The second-order valence-corrected chi connectivity index (χ2v) is 9.07. The third-order valence-corrected chi connectivity index (χ3v) is 6.96. The average molecular weight is 409 g/mol. The Balaban J connectivity index is 1.62. The van der Waals surface area contributed by atoms with Crippen molar-refractivity contribution in [3.63, 3.8) is 0 Å². The molecule has 0 radical (unpaired) electrons. The topological polar surface area (TPSA) is 58.1 Å². The molecule has 1 aromatic carbocycles. The van der Waals surface area contributed by atoms with Gasteiger partial charge in [0.05, 0.1) is 11.9 Å². The number of carbonyl (C=O) groups excluding carboxylic acids is 1. The molecule has 1 aliphatic rings. The molecule has 0 unspecified atom stereocenters.